The molecule has 0 amide bonds. The van der Waals surface area contributed by atoms with Crippen LogP contribution in [0.25, 0.3) is 0 Å². The Kier molecular flexibility index (Phi) is 3.51. The number of hydrogen-bond acceptors (Lipinski definition) is 4. The van der Waals surface area contributed by atoms with Crippen LogP contribution in [-0.4, -0.2) is 26.1 Å². The largest absolute Gasteiger partial charge is 0.485 e. The van der Waals surface area contributed by atoms with Crippen LogP contribution in [0.2, 0.25) is 5.02 Å². The van der Waals surface area contributed by atoms with Gasteiger partial charge in [-0.05, 0) is 31.2 Å². The fourth-order valence-electron chi connectivity index (χ4n) is 2.24. The minimum atomic E-state index is -3.69. The van der Waals surface area contributed by atoms with Crippen molar-refractivity contribution < 1.29 is 13.2 Å². The molecule has 1 aliphatic heterocycles. The zero-order valence-corrected chi connectivity index (χ0v) is 12.8. The molecule has 0 aliphatic carbocycles. The summed E-state index contributed by atoms with van der Waals surface area (Å²) in [6.45, 7) is 2.03. The van der Waals surface area contributed by atoms with Gasteiger partial charge in [-0.3, -0.25) is 9.29 Å². The van der Waals surface area contributed by atoms with Crippen LogP contribution in [0.1, 0.15) is 6.92 Å². The lowest BCUT2D eigenvalue weighted by Crippen LogP contribution is -2.42. The van der Waals surface area contributed by atoms with Crippen molar-refractivity contribution in [2.45, 2.75) is 17.9 Å². The third-order valence-electron chi connectivity index (χ3n) is 3.18. The highest BCUT2D eigenvalue weighted by Gasteiger charge is 2.33. The van der Waals surface area contributed by atoms with Crippen molar-refractivity contribution in [3.63, 3.8) is 0 Å². The van der Waals surface area contributed by atoms with Gasteiger partial charge in [-0.15, -0.1) is 0 Å². The predicted molar refractivity (Wildman–Crippen MR) is 80.3 cm³/mol. The van der Waals surface area contributed by atoms with E-state index in [0.717, 1.165) is 0 Å². The van der Waals surface area contributed by atoms with Gasteiger partial charge >= 0.3 is 0 Å². The predicted octanol–water partition coefficient (Wildman–Crippen LogP) is 2.71. The minimum Gasteiger partial charge on any atom is -0.485 e. The Labute approximate surface area is 128 Å². The Morgan fingerprint density at radius 3 is 2.86 bits per heavy atom. The van der Waals surface area contributed by atoms with Crippen LogP contribution in [0.3, 0.4) is 0 Å². The smallest absolute Gasteiger partial charge is 0.266 e. The van der Waals surface area contributed by atoms with Gasteiger partial charge in [0.15, 0.2) is 5.75 Å². The van der Waals surface area contributed by atoms with E-state index in [4.69, 9.17) is 16.3 Å². The summed E-state index contributed by atoms with van der Waals surface area (Å²) in [5.74, 6) is 0.394. The maximum absolute atomic E-state index is 12.8. The molecule has 5 nitrogen and oxygen atoms in total. The van der Waals surface area contributed by atoms with E-state index in [2.05, 4.69) is 4.98 Å². The number of hydrogen-bond donors (Lipinski definition) is 0. The fraction of sp³-hybridized carbons (Fsp3) is 0.214. The maximum Gasteiger partial charge on any atom is 0.266 e. The van der Waals surface area contributed by atoms with E-state index in [1.54, 1.807) is 31.2 Å². The average Bonchev–Trinajstić information content (AvgIpc) is 2.48. The van der Waals surface area contributed by atoms with Crippen molar-refractivity contribution in [2.75, 3.05) is 10.8 Å². The molecule has 2 aromatic rings. The van der Waals surface area contributed by atoms with E-state index < -0.39 is 10.0 Å². The standard InChI is InChI=1S/C14H13ClN2O3S/c1-10-9-17(13-6-2-5-12(15)14(13)20-10)21(18,19)11-4-3-7-16-8-11/h2-8,10H,9H2,1H3/t10-/m1/s1. The number of anilines is 1. The monoisotopic (exact) mass is 324 g/mol. The van der Waals surface area contributed by atoms with Gasteiger partial charge in [0.2, 0.25) is 0 Å². The van der Waals surface area contributed by atoms with E-state index in [1.807, 2.05) is 0 Å². The third kappa shape index (κ3) is 2.45. The number of nitrogens with zero attached hydrogens (tertiary/aromatic N) is 2. The molecule has 3 rings (SSSR count). The molecule has 0 fully saturated rings. The summed E-state index contributed by atoms with van der Waals surface area (Å²) in [5, 5.41) is 0.394. The van der Waals surface area contributed by atoms with Crippen molar-refractivity contribution in [2.24, 2.45) is 0 Å². The summed E-state index contributed by atoms with van der Waals surface area (Å²) in [7, 11) is -3.69. The number of aromatic nitrogens is 1. The molecular formula is C14H13ClN2O3S. The first-order chi connectivity index (χ1) is 10.00. The van der Waals surface area contributed by atoms with Crippen molar-refractivity contribution in [1.29, 1.82) is 0 Å². The molecule has 21 heavy (non-hydrogen) atoms. The van der Waals surface area contributed by atoms with Gasteiger partial charge < -0.3 is 4.74 Å². The van der Waals surface area contributed by atoms with Gasteiger partial charge in [0.25, 0.3) is 10.0 Å². The number of ether oxygens (including phenoxy) is 1. The first kappa shape index (κ1) is 14.2. The van der Waals surface area contributed by atoms with E-state index in [-0.39, 0.29) is 17.5 Å². The lowest BCUT2D eigenvalue weighted by atomic mass is 10.2. The van der Waals surface area contributed by atoms with Crippen LogP contribution >= 0.6 is 11.6 Å². The highest BCUT2D eigenvalue weighted by atomic mass is 35.5. The summed E-state index contributed by atoms with van der Waals surface area (Å²) in [6, 6.07) is 8.17. The molecule has 2 heterocycles. The van der Waals surface area contributed by atoms with E-state index in [9.17, 15) is 8.42 Å². The molecule has 110 valence electrons. The number of sulfonamides is 1. The van der Waals surface area contributed by atoms with Crippen molar-refractivity contribution in [3.05, 3.63) is 47.7 Å². The first-order valence-electron chi connectivity index (χ1n) is 6.38. The molecular weight excluding hydrogens is 312 g/mol. The summed E-state index contributed by atoms with van der Waals surface area (Å²) in [4.78, 5) is 4.02. The second-order valence-electron chi connectivity index (χ2n) is 4.74. The van der Waals surface area contributed by atoms with Gasteiger partial charge in [0.1, 0.15) is 11.0 Å². The average molecular weight is 325 g/mol. The SMILES string of the molecule is C[C@@H]1CN(S(=O)(=O)c2cccnc2)c2cccc(Cl)c2O1. The van der Waals surface area contributed by atoms with Gasteiger partial charge in [-0.1, -0.05) is 17.7 Å². The molecule has 7 heteroatoms. The minimum absolute atomic E-state index is 0.144. The zero-order valence-electron chi connectivity index (χ0n) is 11.2. The highest BCUT2D eigenvalue weighted by molar-refractivity contribution is 7.92. The molecule has 0 spiro atoms. The molecule has 1 aromatic heterocycles. The number of rotatable bonds is 2. The Morgan fingerprint density at radius 2 is 2.14 bits per heavy atom. The Balaban J connectivity index is 2.14. The quantitative estimate of drug-likeness (QED) is 0.852. The van der Waals surface area contributed by atoms with Crippen molar-refractivity contribution in [3.8, 4) is 5.75 Å². The summed E-state index contributed by atoms with van der Waals surface area (Å²) < 4.78 is 32.6. The van der Waals surface area contributed by atoms with Crippen molar-refractivity contribution in [1.82, 2.24) is 4.98 Å². The number of fused-ring (bicyclic) bond motifs is 1. The van der Waals surface area contributed by atoms with E-state index in [1.165, 1.54) is 22.8 Å². The van der Waals surface area contributed by atoms with Gasteiger partial charge in [0.05, 0.1) is 17.3 Å². The summed E-state index contributed by atoms with van der Waals surface area (Å²) in [5.41, 5.74) is 0.449. The van der Waals surface area contributed by atoms with Crippen LogP contribution in [0.15, 0.2) is 47.6 Å². The Hall–Kier alpha value is -1.79. The second-order valence-corrected chi connectivity index (χ2v) is 7.01. The van der Waals surface area contributed by atoms with Gasteiger partial charge in [-0.25, -0.2) is 8.42 Å². The number of pyridine rings is 1. The first-order valence-corrected chi connectivity index (χ1v) is 8.20. The molecule has 0 bridgehead atoms. The molecule has 0 saturated heterocycles. The molecule has 0 N–H and O–H groups in total. The lowest BCUT2D eigenvalue weighted by Gasteiger charge is -2.34. The van der Waals surface area contributed by atoms with Gasteiger partial charge in [-0.2, -0.15) is 0 Å². The second kappa shape index (κ2) is 5.20. The topological polar surface area (TPSA) is 59.5 Å². The van der Waals surface area contributed by atoms with Crippen LogP contribution in [0.5, 0.6) is 5.75 Å². The Bertz CT molecular complexity index is 765. The van der Waals surface area contributed by atoms with Crippen LogP contribution in [-0.2, 0) is 10.0 Å². The zero-order chi connectivity index (χ0) is 15.0. The number of benzene rings is 1. The molecule has 0 radical (unpaired) electrons. The molecule has 0 saturated carbocycles. The fourth-order valence-corrected chi connectivity index (χ4v) is 3.96. The van der Waals surface area contributed by atoms with Crippen LogP contribution < -0.4 is 9.04 Å². The van der Waals surface area contributed by atoms with E-state index >= 15 is 0 Å². The maximum atomic E-state index is 12.8. The molecule has 1 atom stereocenters. The Morgan fingerprint density at radius 1 is 1.33 bits per heavy atom. The number of halogens is 1. The van der Waals surface area contributed by atoms with Crippen LogP contribution in [0.4, 0.5) is 5.69 Å². The molecule has 1 aliphatic rings. The summed E-state index contributed by atoms with van der Waals surface area (Å²) >= 11 is 6.11. The van der Waals surface area contributed by atoms with Crippen molar-refractivity contribution >= 4 is 27.3 Å². The number of para-hydroxylation sites is 1. The lowest BCUT2D eigenvalue weighted by molar-refractivity contribution is 0.220. The molecule has 0 unspecified atom stereocenters. The third-order valence-corrected chi connectivity index (χ3v) is 5.24. The van der Waals surface area contributed by atoms with Gasteiger partial charge in [0, 0.05) is 12.4 Å². The summed E-state index contributed by atoms with van der Waals surface area (Å²) in [6.07, 6.45) is 2.58. The van der Waals surface area contributed by atoms with E-state index in [0.29, 0.717) is 16.5 Å². The molecule has 1 aromatic carbocycles. The normalized spacial score (nSPS) is 18.0. The van der Waals surface area contributed by atoms with Crippen LogP contribution in [0, 0.1) is 0 Å². The highest BCUT2D eigenvalue weighted by Crippen LogP contribution is 2.41.